The van der Waals surface area contributed by atoms with E-state index >= 15 is 0 Å². The normalized spacial score (nSPS) is 17.1. The molecule has 1 aromatic carbocycles. The minimum Gasteiger partial charge on any atom is -0.465 e. The molecule has 0 radical (unpaired) electrons. The van der Waals surface area contributed by atoms with Crippen LogP contribution in [0.4, 0.5) is 0 Å². The van der Waals surface area contributed by atoms with Gasteiger partial charge < -0.3 is 9.64 Å². The third kappa shape index (κ3) is 5.22. The summed E-state index contributed by atoms with van der Waals surface area (Å²) in [5.41, 5.74) is 0.668. The Morgan fingerprint density at radius 2 is 1.75 bits per heavy atom. The van der Waals surface area contributed by atoms with Gasteiger partial charge in [0.25, 0.3) is 0 Å². The van der Waals surface area contributed by atoms with E-state index in [9.17, 15) is 4.79 Å². The molecule has 1 aliphatic heterocycles. The Morgan fingerprint density at radius 1 is 1.08 bits per heavy atom. The average Bonchev–Trinajstić information content (AvgIpc) is 2.60. The van der Waals surface area contributed by atoms with Crippen molar-refractivity contribution in [2.45, 2.75) is 57.8 Å². The van der Waals surface area contributed by atoms with E-state index in [0.717, 1.165) is 38.0 Å². The number of likely N-dealkylation sites (tertiary alicyclic amines) is 1. The summed E-state index contributed by atoms with van der Waals surface area (Å²) in [6.07, 6.45) is 6.91. The van der Waals surface area contributed by atoms with Crippen LogP contribution < -0.4 is 0 Å². The number of hydrogen-bond acceptors (Lipinski definition) is 3. The van der Waals surface area contributed by atoms with Crippen molar-refractivity contribution in [2.75, 3.05) is 26.2 Å². The van der Waals surface area contributed by atoms with Gasteiger partial charge in [-0.15, -0.1) is 12.4 Å². The van der Waals surface area contributed by atoms with Gasteiger partial charge in [0.05, 0.1) is 12.0 Å². The molecule has 0 saturated carbocycles. The van der Waals surface area contributed by atoms with Gasteiger partial charge in [-0.05, 0) is 51.4 Å². The van der Waals surface area contributed by atoms with Crippen molar-refractivity contribution in [3.63, 3.8) is 0 Å². The summed E-state index contributed by atoms with van der Waals surface area (Å²) in [4.78, 5) is 15.2. The minimum atomic E-state index is -0.447. The zero-order valence-electron chi connectivity index (χ0n) is 15.1. The van der Waals surface area contributed by atoms with Crippen LogP contribution in [0.3, 0.4) is 0 Å². The molecule has 2 rings (SSSR count). The van der Waals surface area contributed by atoms with Gasteiger partial charge >= 0.3 is 5.97 Å². The maximum absolute atomic E-state index is 12.7. The summed E-state index contributed by atoms with van der Waals surface area (Å²) in [6, 6.07) is 10.2. The fraction of sp³-hybridized carbons (Fsp3) is 0.650. The monoisotopic (exact) mass is 353 g/mol. The standard InChI is InChI=1S/C20H31NO2.ClH/c1-3-5-6-10-15-21-16-13-20(14-17-21,19(22)23-4-2)18-11-8-7-9-12-18;/h7-9,11-12H,3-6,10,13-17H2,1-2H3;1H. The smallest absolute Gasteiger partial charge is 0.316 e. The van der Waals surface area contributed by atoms with Crippen LogP contribution in [0, 0.1) is 0 Å². The van der Waals surface area contributed by atoms with Crippen molar-refractivity contribution < 1.29 is 9.53 Å². The number of ether oxygens (including phenoxy) is 1. The van der Waals surface area contributed by atoms with E-state index in [4.69, 9.17) is 4.74 Å². The molecule has 1 fully saturated rings. The Labute approximate surface area is 153 Å². The first-order chi connectivity index (χ1) is 11.2. The molecular formula is C20H32ClNO2. The number of halogens is 1. The highest BCUT2D eigenvalue weighted by atomic mass is 35.5. The van der Waals surface area contributed by atoms with E-state index in [2.05, 4.69) is 24.0 Å². The van der Waals surface area contributed by atoms with Gasteiger partial charge in [0, 0.05) is 0 Å². The number of rotatable bonds is 8. The van der Waals surface area contributed by atoms with E-state index < -0.39 is 5.41 Å². The lowest BCUT2D eigenvalue weighted by atomic mass is 9.72. The van der Waals surface area contributed by atoms with Crippen LogP contribution in [0.5, 0.6) is 0 Å². The lowest BCUT2D eigenvalue weighted by Gasteiger charge is -2.40. The molecule has 24 heavy (non-hydrogen) atoms. The summed E-state index contributed by atoms with van der Waals surface area (Å²) in [5.74, 6) is -0.0446. The second kappa shape index (κ2) is 10.7. The number of nitrogens with zero attached hydrogens (tertiary/aromatic N) is 1. The van der Waals surface area contributed by atoms with E-state index in [1.165, 1.54) is 25.7 Å². The van der Waals surface area contributed by atoms with Crippen molar-refractivity contribution in [2.24, 2.45) is 0 Å². The number of hydrogen-bond donors (Lipinski definition) is 0. The van der Waals surface area contributed by atoms with Gasteiger partial charge in [-0.25, -0.2) is 0 Å². The first-order valence-electron chi connectivity index (χ1n) is 9.18. The third-order valence-corrected chi connectivity index (χ3v) is 5.03. The van der Waals surface area contributed by atoms with Crippen molar-refractivity contribution in [3.8, 4) is 0 Å². The van der Waals surface area contributed by atoms with Crippen molar-refractivity contribution in [1.82, 2.24) is 4.90 Å². The summed E-state index contributed by atoms with van der Waals surface area (Å²) < 4.78 is 5.43. The molecule has 1 aromatic rings. The van der Waals surface area contributed by atoms with Crippen LogP contribution >= 0.6 is 12.4 Å². The minimum absolute atomic E-state index is 0. The lowest BCUT2D eigenvalue weighted by molar-refractivity contribution is -0.152. The number of piperidine rings is 1. The number of benzene rings is 1. The molecular weight excluding hydrogens is 322 g/mol. The highest BCUT2D eigenvalue weighted by Gasteiger charge is 2.43. The summed E-state index contributed by atoms with van der Waals surface area (Å²) >= 11 is 0. The van der Waals surface area contributed by atoms with Gasteiger partial charge in [0.1, 0.15) is 0 Å². The molecule has 1 aliphatic rings. The summed E-state index contributed by atoms with van der Waals surface area (Å²) in [7, 11) is 0. The quantitative estimate of drug-likeness (QED) is 0.506. The number of unbranched alkanes of at least 4 members (excludes halogenated alkanes) is 3. The van der Waals surface area contributed by atoms with Gasteiger partial charge in [-0.3, -0.25) is 4.79 Å². The first-order valence-corrected chi connectivity index (χ1v) is 9.18. The molecule has 0 aliphatic carbocycles. The molecule has 1 saturated heterocycles. The molecule has 0 spiro atoms. The van der Waals surface area contributed by atoms with Crippen LogP contribution in [-0.4, -0.2) is 37.1 Å². The molecule has 0 aromatic heterocycles. The number of carbonyl (C=O) groups is 1. The first kappa shape index (κ1) is 21.0. The van der Waals surface area contributed by atoms with Crippen molar-refractivity contribution in [1.29, 1.82) is 0 Å². The maximum atomic E-state index is 12.7. The molecule has 3 nitrogen and oxygen atoms in total. The van der Waals surface area contributed by atoms with Crippen LogP contribution in [0.2, 0.25) is 0 Å². The average molecular weight is 354 g/mol. The van der Waals surface area contributed by atoms with Gasteiger partial charge in [-0.1, -0.05) is 56.5 Å². The predicted molar refractivity (Wildman–Crippen MR) is 102 cm³/mol. The molecule has 0 unspecified atom stereocenters. The Kier molecular flexibility index (Phi) is 9.38. The Balaban J connectivity index is 0.00000288. The fourth-order valence-corrected chi connectivity index (χ4v) is 3.56. The summed E-state index contributed by atoms with van der Waals surface area (Å²) in [5, 5.41) is 0. The van der Waals surface area contributed by atoms with Gasteiger partial charge in [-0.2, -0.15) is 0 Å². The van der Waals surface area contributed by atoms with Crippen LogP contribution in [0.1, 0.15) is 57.9 Å². The molecule has 4 heteroatoms. The van der Waals surface area contributed by atoms with E-state index in [1.54, 1.807) is 0 Å². The summed E-state index contributed by atoms with van der Waals surface area (Å²) in [6.45, 7) is 7.72. The molecule has 1 heterocycles. The number of esters is 1. The highest BCUT2D eigenvalue weighted by Crippen LogP contribution is 2.37. The van der Waals surface area contributed by atoms with E-state index in [1.807, 2.05) is 25.1 Å². The van der Waals surface area contributed by atoms with Gasteiger partial charge in [0.2, 0.25) is 0 Å². The topological polar surface area (TPSA) is 29.5 Å². The Hall–Kier alpha value is -1.06. The largest absolute Gasteiger partial charge is 0.465 e. The molecule has 0 amide bonds. The maximum Gasteiger partial charge on any atom is 0.316 e. The zero-order valence-corrected chi connectivity index (χ0v) is 15.9. The lowest BCUT2D eigenvalue weighted by Crippen LogP contribution is -2.48. The SMILES string of the molecule is CCCCCCN1CCC(C(=O)OCC)(c2ccccc2)CC1.Cl. The number of carbonyl (C=O) groups excluding carboxylic acids is 1. The fourth-order valence-electron chi connectivity index (χ4n) is 3.56. The van der Waals surface area contributed by atoms with Crippen molar-refractivity contribution in [3.05, 3.63) is 35.9 Å². The second-order valence-electron chi connectivity index (χ2n) is 6.57. The molecule has 136 valence electrons. The second-order valence-corrected chi connectivity index (χ2v) is 6.57. The molecule has 0 bridgehead atoms. The molecule has 0 N–H and O–H groups in total. The van der Waals surface area contributed by atoms with Crippen LogP contribution in [-0.2, 0) is 14.9 Å². The highest BCUT2D eigenvalue weighted by molar-refractivity contribution is 5.85. The van der Waals surface area contributed by atoms with Crippen LogP contribution in [0.15, 0.2) is 30.3 Å². The third-order valence-electron chi connectivity index (χ3n) is 5.03. The Morgan fingerprint density at radius 3 is 2.33 bits per heavy atom. The molecule has 0 atom stereocenters. The van der Waals surface area contributed by atoms with Gasteiger partial charge in [0.15, 0.2) is 0 Å². The Bertz CT molecular complexity index is 470. The van der Waals surface area contributed by atoms with E-state index in [-0.39, 0.29) is 18.4 Å². The van der Waals surface area contributed by atoms with Crippen molar-refractivity contribution >= 4 is 18.4 Å². The predicted octanol–water partition coefficient (Wildman–Crippen LogP) is 4.59. The zero-order chi connectivity index (χ0) is 16.5. The van der Waals surface area contributed by atoms with Crippen LogP contribution in [0.25, 0.3) is 0 Å². The van der Waals surface area contributed by atoms with E-state index in [0.29, 0.717) is 6.61 Å².